The van der Waals surface area contributed by atoms with E-state index < -0.39 is 46.3 Å². The average molecular weight is 940 g/mol. The number of rotatable bonds is 12. The van der Waals surface area contributed by atoms with Crippen LogP contribution >= 0.6 is 0 Å². The number of esters is 2. The second kappa shape index (κ2) is 16.9. The number of hydrogen-bond acceptors (Lipinski definition) is 12. The highest BCUT2D eigenvalue weighted by atomic mass is 16.6. The van der Waals surface area contributed by atoms with Crippen molar-refractivity contribution in [1.82, 2.24) is 19.4 Å². The fourth-order valence-corrected chi connectivity index (χ4v) is 12.3. The lowest BCUT2D eigenvalue weighted by Crippen LogP contribution is -2.75. The van der Waals surface area contributed by atoms with Gasteiger partial charge in [0.2, 0.25) is 11.9 Å². The minimum atomic E-state index is -1.59. The van der Waals surface area contributed by atoms with E-state index in [-0.39, 0.29) is 42.6 Å². The number of fused-ring (bicyclic) bond motifs is 6. The Morgan fingerprint density at radius 1 is 0.942 bits per heavy atom. The predicted octanol–water partition coefficient (Wildman–Crippen LogP) is 8.70. The van der Waals surface area contributed by atoms with E-state index in [1.54, 1.807) is 13.0 Å². The summed E-state index contributed by atoms with van der Waals surface area (Å²) in [5.74, 6) is -0.470. The molecule has 6 heterocycles. The molecule has 14 heteroatoms. The van der Waals surface area contributed by atoms with Gasteiger partial charge in [0.1, 0.15) is 17.1 Å². The molecule has 3 aliphatic carbocycles. The van der Waals surface area contributed by atoms with Gasteiger partial charge in [0, 0.05) is 67.6 Å². The van der Waals surface area contributed by atoms with Crippen molar-refractivity contribution in [3.05, 3.63) is 87.6 Å². The third kappa shape index (κ3) is 7.29. The number of likely N-dealkylation sites (N-methyl/N-ethyl adjacent to an activating group) is 1. The number of carbonyl (C=O) groups is 4. The van der Waals surface area contributed by atoms with Gasteiger partial charge in [-0.3, -0.25) is 14.4 Å². The van der Waals surface area contributed by atoms with Crippen LogP contribution in [0.15, 0.2) is 70.9 Å². The number of nitrogens with one attached hydrogen (secondary N) is 1. The van der Waals surface area contributed by atoms with Crippen LogP contribution in [0.4, 0.5) is 5.95 Å². The number of imidazole rings is 1. The maximum absolute atomic E-state index is 15.9. The summed E-state index contributed by atoms with van der Waals surface area (Å²) in [5.41, 5.74) is 2.87. The van der Waals surface area contributed by atoms with Gasteiger partial charge in [-0.15, -0.1) is 0 Å². The monoisotopic (exact) mass is 939 g/mol. The average Bonchev–Trinajstić information content (AvgIpc) is 3.75. The van der Waals surface area contributed by atoms with E-state index in [0.29, 0.717) is 72.2 Å². The lowest BCUT2D eigenvalue weighted by Gasteiger charge is -2.62. The molecule has 2 saturated heterocycles. The normalized spacial score (nSPS) is 27.9. The summed E-state index contributed by atoms with van der Waals surface area (Å²) in [6.45, 7) is 18.8. The van der Waals surface area contributed by atoms with Gasteiger partial charge < -0.3 is 43.4 Å². The zero-order valence-electron chi connectivity index (χ0n) is 41.7. The van der Waals surface area contributed by atoms with Crippen LogP contribution in [0, 0.1) is 11.8 Å². The summed E-state index contributed by atoms with van der Waals surface area (Å²) in [7, 11) is 3.38. The Balaban J connectivity index is 1.23. The number of ether oxygens (including phenoxy) is 5. The Hall–Kier alpha value is -5.99. The van der Waals surface area contributed by atoms with Gasteiger partial charge in [-0.05, 0) is 112 Å². The second-order valence-electron chi connectivity index (χ2n) is 21.3. The van der Waals surface area contributed by atoms with Gasteiger partial charge in [-0.25, -0.2) is 9.78 Å². The van der Waals surface area contributed by atoms with Crippen LogP contribution in [0.5, 0.6) is 17.2 Å². The largest absolute Gasteiger partial charge is 0.482 e. The molecule has 5 aliphatic heterocycles. The highest BCUT2D eigenvalue weighted by Gasteiger charge is 2.84. The Kier molecular flexibility index (Phi) is 11.4. The lowest BCUT2D eigenvalue weighted by molar-refractivity contribution is -0.181. The van der Waals surface area contributed by atoms with Crippen LogP contribution in [0.2, 0.25) is 0 Å². The van der Waals surface area contributed by atoms with Gasteiger partial charge in [-0.1, -0.05) is 41.5 Å². The van der Waals surface area contributed by atoms with Crippen LogP contribution in [0.3, 0.4) is 0 Å². The number of hydrogen-bond donors (Lipinski definition) is 1. The van der Waals surface area contributed by atoms with E-state index >= 15 is 4.79 Å². The first-order valence-electron chi connectivity index (χ1n) is 24.6. The van der Waals surface area contributed by atoms with Gasteiger partial charge in [0.25, 0.3) is 0 Å². The topological polar surface area (TPSA) is 151 Å². The van der Waals surface area contributed by atoms with Crippen molar-refractivity contribution in [2.45, 2.75) is 129 Å². The Morgan fingerprint density at radius 2 is 1.68 bits per heavy atom. The quantitative estimate of drug-likeness (QED) is 0.0801. The van der Waals surface area contributed by atoms with Crippen molar-refractivity contribution in [2.75, 3.05) is 45.7 Å². The number of amides is 1. The molecule has 1 aromatic heterocycles. The number of para-hydroxylation sites is 2. The standard InChI is InChI=1S/C55H65N5O9/c1-31(2)14-13-23-53(8)24-22-35-46(67-53)34(18-17-32(3)4)48-42(47(35)66-41(62)20-19-40(61)59-28-26-58(9)27-29-59)44-43-45(60-38-16-12-11-15-37(38)56-51(60)57-44)36-30-39-52(6,7)69-54(49(36)63,55(39,43)68-48)25-21-33(5)50(64)65-10/h11-12,14-17,21-22,24,36,39,45H,13,18-20,23,25-30H2,1-10H3,(H,56,57)/b33-21-. The van der Waals surface area contributed by atoms with Crippen molar-refractivity contribution in [3.8, 4) is 17.2 Å². The third-order valence-corrected chi connectivity index (χ3v) is 15.7. The Bertz CT molecular complexity index is 2870. The molecule has 1 spiro atoms. The first-order chi connectivity index (χ1) is 32.8. The number of methoxy groups -OCH3 is 1. The van der Waals surface area contributed by atoms with Crippen LogP contribution < -0.4 is 19.5 Å². The molecule has 69 heavy (non-hydrogen) atoms. The number of anilines is 1. The number of carbonyl (C=O) groups excluding carboxylic acids is 4. The fourth-order valence-electron chi connectivity index (χ4n) is 12.3. The number of piperazine rings is 1. The van der Waals surface area contributed by atoms with E-state index in [2.05, 4.69) is 47.7 Å². The van der Waals surface area contributed by atoms with E-state index in [4.69, 9.17) is 28.7 Å². The summed E-state index contributed by atoms with van der Waals surface area (Å²) >= 11 is 0. The minimum Gasteiger partial charge on any atom is -0.482 e. The van der Waals surface area contributed by atoms with Gasteiger partial charge in [0.15, 0.2) is 22.7 Å². The lowest BCUT2D eigenvalue weighted by atomic mass is 9.47. The summed E-state index contributed by atoms with van der Waals surface area (Å²) < 4.78 is 36.4. The highest BCUT2D eigenvalue weighted by Crippen LogP contribution is 2.74. The Morgan fingerprint density at radius 3 is 2.41 bits per heavy atom. The smallest absolute Gasteiger partial charge is 0.333 e. The maximum atomic E-state index is 15.9. The molecule has 11 rings (SSSR count). The summed E-state index contributed by atoms with van der Waals surface area (Å²) in [6, 6.07) is 7.35. The maximum Gasteiger partial charge on any atom is 0.333 e. The summed E-state index contributed by atoms with van der Waals surface area (Å²) in [4.78, 5) is 66.0. The van der Waals surface area contributed by atoms with Gasteiger partial charge in [0.05, 0.1) is 53.0 Å². The molecule has 6 unspecified atom stereocenters. The minimum absolute atomic E-state index is 0.00279. The molecule has 8 aliphatic rings. The van der Waals surface area contributed by atoms with Gasteiger partial charge in [-0.2, -0.15) is 0 Å². The van der Waals surface area contributed by atoms with Crippen LogP contribution in [0.25, 0.3) is 22.8 Å². The predicted molar refractivity (Wildman–Crippen MR) is 263 cm³/mol. The van der Waals surface area contributed by atoms with Crippen LogP contribution in [0.1, 0.15) is 117 Å². The number of benzene rings is 2. The first-order valence-corrected chi connectivity index (χ1v) is 24.6. The zero-order chi connectivity index (χ0) is 48.9. The number of Topliss-reactive ketones (excluding diaryl/α,β-unsaturated/α-hetero) is 1. The zero-order valence-corrected chi connectivity index (χ0v) is 41.7. The van der Waals surface area contributed by atoms with E-state index in [9.17, 15) is 14.4 Å². The number of aromatic nitrogens is 2. The number of ketones is 1. The molecule has 6 atom stereocenters. The molecule has 3 aromatic rings. The molecule has 14 nitrogen and oxygen atoms in total. The number of nitrogens with zero attached hydrogens (tertiary/aromatic N) is 4. The van der Waals surface area contributed by atoms with Crippen molar-refractivity contribution in [3.63, 3.8) is 0 Å². The SMILES string of the molecule is COC(=O)/C(C)=C\CC12OC(C)(C)C3CC(C1=O)C1C4=C(Nc5nc6ccccc6n51)c1c(OC(=O)CCC(=O)N5CCN(C)CC5)c5c(c(CC=C(C)C)c1OC432)OC(C)(CCC=C(C)C)C=C5. The second-order valence-corrected chi connectivity index (χ2v) is 21.3. The molecule has 5 fully saturated rings. The van der Waals surface area contributed by atoms with Crippen LogP contribution in [-0.4, -0.2) is 106 Å². The third-order valence-electron chi connectivity index (χ3n) is 15.7. The first kappa shape index (κ1) is 46.7. The van der Waals surface area contributed by atoms with Crippen molar-refractivity contribution >= 4 is 52.4 Å². The van der Waals surface area contributed by atoms with E-state index in [1.807, 2.05) is 76.1 Å². The summed E-state index contributed by atoms with van der Waals surface area (Å²) in [5, 5.41) is 3.79. The van der Waals surface area contributed by atoms with Crippen molar-refractivity contribution < 1.29 is 42.9 Å². The number of allylic oxidation sites excluding steroid dienone is 4. The molecule has 0 radical (unpaired) electrons. The molecular weight excluding hydrogens is 875 g/mol. The molecule has 3 saturated carbocycles. The molecule has 1 amide bonds. The summed E-state index contributed by atoms with van der Waals surface area (Å²) in [6.07, 6.45) is 12.3. The molecular formula is C55H65N5O9. The van der Waals surface area contributed by atoms with Crippen LogP contribution in [-0.2, 0) is 35.1 Å². The molecule has 1 N–H and O–H groups in total. The molecule has 4 bridgehead atoms. The fraction of sp³-hybridized carbons (Fsp3) is 0.509. The van der Waals surface area contributed by atoms with E-state index in [0.717, 1.165) is 47.3 Å². The molecule has 364 valence electrons. The van der Waals surface area contributed by atoms with Crippen molar-refractivity contribution in [1.29, 1.82) is 0 Å². The van der Waals surface area contributed by atoms with Crippen molar-refractivity contribution in [2.24, 2.45) is 11.8 Å². The Labute approximate surface area is 404 Å². The molecule has 2 aromatic carbocycles. The highest BCUT2D eigenvalue weighted by molar-refractivity contribution is 6.04. The van der Waals surface area contributed by atoms with Gasteiger partial charge >= 0.3 is 11.9 Å². The van der Waals surface area contributed by atoms with E-state index in [1.165, 1.54) is 12.7 Å².